The molecule has 0 saturated carbocycles. The normalized spacial score (nSPS) is 47.8. The van der Waals surface area contributed by atoms with Crippen LogP contribution in [0.2, 0.25) is 0 Å². The van der Waals surface area contributed by atoms with Crippen molar-refractivity contribution in [3.63, 3.8) is 0 Å². The van der Waals surface area contributed by atoms with Crippen molar-refractivity contribution >= 4 is 0 Å². The van der Waals surface area contributed by atoms with E-state index in [1.807, 2.05) is 0 Å². The van der Waals surface area contributed by atoms with E-state index in [0.717, 1.165) is 0 Å². The molecule has 0 atom stereocenters. The van der Waals surface area contributed by atoms with Crippen LogP contribution in [0.1, 0.15) is 12.8 Å². The molecule has 2 aliphatic heterocycles. The monoisotopic (exact) mass is 124 g/mol. The van der Waals surface area contributed by atoms with Crippen LogP contribution in [0.15, 0.2) is 12.7 Å². The highest BCUT2D eigenvalue weighted by Crippen LogP contribution is 2.29. The molecule has 0 aromatic heterocycles. The lowest BCUT2D eigenvalue weighted by Gasteiger charge is -2.17. The molecule has 2 fully saturated rings. The zero-order valence-corrected chi connectivity index (χ0v) is 5.56. The van der Waals surface area contributed by atoms with E-state index in [2.05, 4.69) is 23.1 Å². The number of hydrogen-bond acceptors (Lipinski definition) is 2. The first-order valence-corrected chi connectivity index (χ1v) is 3.51. The minimum absolute atomic E-state index is 0.292. The van der Waals surface area contributed by atoms with E-state index in [0.29, 0.717) is 5.54 Å². The Morgan fingerprint density at radius 1 is 1.44 bits per heavy atom. The standard InChI is InChI=1S/C7H12N2/c1-2-7-3-5-9(8-7)6-4-7/h2,8H,1,3-6H2. The predicted molar refractivity (Wildman–Crippen MR) is 36.9 cm³/mol. The Hall–Kier alpha value is -0.340. The third-order valence-electron chi connectivity index (χ3n) is 2.43. The summed E-state index contributed by atoms with van der Waals surface area (Å²) in [7, 11) is 0. The largest absolute Gasteiger partial charge is 0.245 e. The van der Waals surface area contributed by atoms with Crippen LogP contribution in [-0.4, -0.2) is 23.6 Å². The van der Waals surface area contributed by atoms with Crippen molar-refractivity contribution in [2.75, 3.05) is 13.1 Å². The van der Waals surface area contributed by atoms with Gasteiger partial charge in [-0.15, -0.1) is 6.58 Å². The van der Waals surface area contributed by atoms with Crippen LogP contribution in [0, 0.1) is 0 Å². The van der Waals surface area contributed by atoms with Gasteiger partial charge in [0.25, 0.3) is 0 Å². The Kier molecular flexibility index (Phi) is 0.957. The third kappa shape index (κ3) is 0.635. The molecule has 2 bridgehead atoms. The van der Waals surface area contributed by atoms with Crippen LogP contribution in [0.4, 0.5) is 0 Å². The van der Waals surface area contributed by atoms with E-state index in [1.165, 1.54) is 25.9 Å². The van der Waals surface area contributed by atoms with Gasteiger partial charge in [-0.25, -0.2) is 10.4 Å². The van der Waals surface area contributed by atoms with Crippen molar-refractivity contribution in [3.8, 4) is 0 Å². The van der Waals surface area contributed by atoms with Crippen molar-refractivity contribution in [2.24, 2.45) is 0 Å². The minimum atomic E-state index is 0.292. The summed E-state index contributed by atoms with van der Waals surface area (Å²) in [5, 5.41) is 2.28. The molecule has 0 unspecified atom stereocenters. The second kappa shape index (κ2) is 1.58. The van der Waals surface area contributed by atoms with Gasteiger partial charge in [-0.1, -0.05) is 6.08 Å². The number of nitrogens with zero attached hydrogens (tertiary/aromatic N) is 1. The summed E-state index contributed by atoms with van der Waals surface area (Å²) in [6.45, 7) is 6.22. The topological polar surface area (TPSA) is 15.3 Å². The highest BCUT2D eigenvalue weighted by atomic mass is 15.6. The highest BCUT2D eigenvalue weighted by Gasteiger charge is 2.40. The maximum Gasteiger partial charge on any atom is 0.0528 e. The van der Waals surface area contributed by atoms with E-state index in [1.54, 1.807) is 0 Å². The van der Waals surface area contributed by atoms with Gasteiger partial charge in [0.2, 0.25) is 0 Å². The van der Waals surface area contributed by atoms with Crippen LogP contribution in [-0.2, 0) is 0 Å². The van der Waals surface area contributed by atoms with Crippen LogP contribution in [0.5, 0.6) is 0 Å². The average molecular weight is 124 g/mol. The van der Waals surface area contributed by atoms with Crippen molar-refractivity contribution in [3.05, 3.63) is 12.7 Å². The summed E-state index contributed by atoms with van der Waals surface area (Å²) in [5.41, 5.74) is 3.70. The first-order valence-electron chi connectivity index (χ1n) is 3.51. The molecule has 2 rings (SSSR count). The molecule has 0 aromatic carbocycles. The molecule has 50 valence electrons. The molecule has 9 heavy (non-hydrogen) atoms. The Labute approximate surface area is 55.5 Å². The van der Waals surface area contributed by atoms with Gasteiger partial charge in [-0.2, -0.15) is 0 Å². The van der Waals surface area contributed by atoms with Gasteiger partial charge in [-0.3, -0.25) is 0 Å². The summed E-state index contributed by atoms with van der Waals surface area (Å²) in [6.07, 6.45) is 4.55. The van der Waals surface area contributed by atoms with Gasteiger partial charge in [0.15, 0.2) is 0 Å². The second-order valence-corrected chi connectivity index (χ2v) is 2.96. The lowest BCUT2D eigenvalue weighted by molar-refractivity contribution is 0.296. The molecule has 0 aliphatic carbocycles. The van der Waals surface area contributed by atoms with Gasteiger partial charge >= 0.3 is 0 Å². The molecule has 0 aromatic rings. The third-order valence-corrected chi connectivity index (χ3v) is 2.43. The van der Waals surface area contributed by atoms with Crippen LogP contribution in [0.25, 0.3) is 0 Å². The minimum Gasteiger partial charge on any atom is -0.245 e. The smallest absolute Gasteiger partial charge is 0.0528 e. The summed E-state index contributed by atoms with van der Waals surface area (Å²) >= 11 is 0. The summed E-state index contributed by atoms with van der Waals surface area (Å²) < 4.78 is 0. The SMILES string of the molecule is C=CC12CCN(CC1)N2. The average Bonchev–Trinajstić information content (AvgIpc) is 2.46. The van der Waals surface area contributed by atoms with Crippen LogP contribution in [0.3, 0.4) is 0 Å². The van der Waals surface area contributed by atoms with E-state index in [-0.39, 0.29) is 0 Å². The van der Waals surface area contributed by atoms with Crippen LogP contribution >= 0.6 is 0 Å². The van der Waals surface area contributed by atoms with E-state index < -0.39 is 0 Å². The van der Waals surface area contributed by atoms with E-state index in [9.17, 15) is 0 Å². The second-order valence-electron chi connectivity index (χ2n) is 2.96. The molecular formula is C7H12N2. The number of hydrazine groups is 1. The number of nitrogens with one attached hydrogen (secondary N) is 1. The quantitative estimate of drug-likeness (QED) is 0.513. The Balaban J connectivity index is 2.21. The molecule has 1 N–H and O–H groups in total. The molecule has 2 heterocycles. The molecule has 2 nitrogen and oxygen atoms in total. The van der Waals surface area contributed by atoms with E-state index in [4.69, 9.17) is 0 Å². The number of rotatable bonds is 1. The number of hydrogen-bond donors (Lipinski definition) is 1. The first-order chi connectivity index (χ1) is 4.35. The molecule has 2 saturated heterocycles. The lowest BCUT2D eigenvalue weighted by Crippen LogP contribution is -2.34. The molecule has 2 heteroatoms. The van der Waals surface area contributed by atoms with Gasteiger partial charge in [-0.05, 0) is 12.8 Å². The van der Waals surface area contributed by atoms with Crippen LogP contribution < -0.4 is 5.43 Å². The summed E-state index contributed by atoms with van der Waals surface area (Å²) in [4.78, 5) is 0. The fourth-order valence-corrected chi connectivity index (χ4v) is 1.69. The zero-order valence-electron chi connectivity index (χ0n) is 5.56. The van der Waals surface area contributed by atoms with Crippen molar-refractivity contribution < 1.29 is 0 Å². The van der Waals surface area contributed by atoms with Crippen molar-refractivity contribution in [1.29, 1.82) is 0 Å². The molecule has 0 radical (unpaired) electrons. The Bertz CT molecular complexity index is 134. The number of piperidine rings is 1. The maximum absolute atomic E-state index is 3.82. The maximum atomic E-state index is 3.82. The Morgan fingerprint density at radius 2 is 2.11 bits per heavy atom. The van der Waals surface area contributed by atoms with Gasteiger partial charge < -0.3 is 0 Å². The van der Waals surface area contributed by atoms with E-state index >= 15 is 0 Å². The van der Waals surface area contributed by atoms with Gasteiger partial charge in [0.1, 0.15) is 0 Å². The first kappa shape index (κ1) is 5.45. The lowest BCUT2D eigenvalue weighted by atomic mass is 9.93. The van der Waals surface area contributed by atoms with Gasteiger partial charge in [0, 0.05) is 13.1 Å². The molecule has 2 aliphatic rings. The molecule has 0 spiro atoms. The molecule has 0 amide bonds. The Morgan fingerprint density at radius 3 is 2.33 bits per heavy atom. The van der Waals surface area contributed by atoms with Crippen molar-refractivity contribution in [2.45, 2.75) is 18.4 Å². The van der Waals surface area contributed by atoms with Gasteiger partial charge in [0.05, 0.1) is 5.54 Å². The number of fused-ring (bicyclic) bond motifs is 2. The predicted octanol–water partition coefficient (Wildman–Crippen LogP) is 0.525. The summed E-state index contributed by atoms with van der Waals surface area (Å²) in [5.74, 6) is 0. The molecular weight excluding hydrogens is 112 g/mol. The fraction of sp³-hybridized carbons (Fsp3) is 0.714. The zero-order chi connectivity index (χ0) is 6.32. The highest BCUT2D eigenvalue weighted by molar-refractivity contribution is 5.09. The fourth-order valence-electron chi connectivity index (χ4n) is 1.69. The summed E-state index contributed by atoms with van der Waals surface area (Å²) in [6, 6.07) is 0. The van der Waals surface area contributed by atoms with Crippen molar-refractivity contribution in [1.82, 2.24) is 10.4 Å².